The van der Waals surface area contributed by atoms with Gasteiger partial charge < -0.3 is 10.2 Å². The first kappa shape index (κ1) is 14.1. The number of hydrogen-bond acceptors (Lipinski definition) is 4. The van der Waals surface area contributed by atoms with Crippen LogP contribution >= 0.6 is 0 Å². The number of azo groups is 1. The predicted molar refractivity (Wildman–Crippen MR) is 90.5 cm³/mol. The molecule has 110 valence electrons. The third-order valence-corrected chi connectivity index (χ3v) is 3.30. The summed E-state index contributed by atoms with van der Waals surface area (Å²) in [5, 5.41) is 11.9. The van der Waals surface area contributed by atoms with Gasteiger partial charge >= 0.3 is 0 Å². The minimum Gasteiger partial charge on any atom is -0.377 e. The van der Waals surface area contributed by atoms with E-state index >= 15 is 0 Å². The second-order valence-corrected chi connectivity index (χ2v) is 5.12. The van der Waals surface area contributed by atoms with Gasteiger partial charge in [0.1, 0.15) is 0 Å². The van der Waals surface area contributed by atoms with Crippen LogP contribution in [0.15, 0.2) is 88.9 Å². The van der Waals surface area contributed by atoms with E-state index in [1.54, 1.807) is 0 Å². The number of allylic oxidation sites excluding steroid dienone is 1. The van der Waals surface area contributed by atoms with Crippen LogP contribution in [-0.2, 0) is 0 Å². The number of likely N-dealkylation sites (N-methyl/N-ethyl adjacent to an activating group) is 1. The molecule has 4 heteroatoms. The third-order valence-electron chi connectivity index (χ3n) is 3.30. The Balaban J connectivity index is 1.63. The molecule has 0 unspecified atom stereocenters. The average molecular weight is 290 g/mol. The van der Waals surface area contributed by atoms with Crippen LogP contribution in [0.5, 0.6) is 0 Å². The third kappa shape index (κ3) is 3.82. The van der Waals surface area contributed by atoms with E-state index in [1.165, 1.54) is 0 Å². The molecule has 0 saturated carbocycles. The molecule has 0 radical (unpaired) electrons. The smallest absolute Gasteiger partial charge is 0.0858 e. The van der Waals surface area contributed by atoms with E-state index in [2.05, 4.69) is 26.5 Å². The number of rotatable bonds is 4. The van der Waals surface area contributed by atoms with Gasteiger partial charge in [-0.2, -0.15) is 10.2 Å². The van der Waals surface area contributed by atoms with Crippen LogP contribution in [0.25, 0.3) is 0 Å². The lowest BCUT2D eigenvalue weighted by molar-refractivity contribution is 0.501. The lowest BCUT2D eigenvalue weighted by Gasteiger charge is -2.14. The van der Waals surface area contributed by atoms with Gasteiger partial charge in [0.15, 0.2) is 0 Å². The van der Waals surface area contributed by atoms with Gasteiger partial charge in [0.2, 0.25) is 0 Å². The highest BCUT2D eigenvalue weighted by Gasteiger charge is 1.99. The number of nitrogens with zero attached hydrogens (tertiary/aromatic N) is 3. The van der Waals surface area contributed by atoms with Crippen LogP contribution in [0, 0.1) is 0 Å². The van der Waals surface area contributed by atoms with Crippen molar-refractivity contribution in [2.24, 2.45) is 10.2 Å². The molecule has 0 amide bonds. The summed E-state index contributed by atoms with van der Waals surface area (Å²) >= 11 is 0. The highest BCUT2D eigenvalue weighted by Crippen LogP contribution is 2.21. The fourth-order valence-corrected chi connectivity index (χ4v) is 2.06. The fraction of sp³-hybridized carbons (Fsp3) is 0.111. The van der Waals surface area contributed by atoms with E-state index < -0.39 is 0 Å². The molecule has 1 aliphatic rings. The number of hydrogen-bond donors (Lipinski definition) is 1. The highest BCUT2D eigenvalue weighted by molar-refractivity contribution is 5.61. The SMILES string of the molecule is CN1C=CC(N=Nc2ccc(Nc3ccccc3)cc2)=CC1. The first-order valence-electron chi connectivity index (χ1n) is 7.22. The lowest BCUT2D eigenvalue weighted by Crippen LogP contribution is -2.12. The molecular formula is C18H18N4. The maximum absolute atomic E-state index is 4.26. The zero-order chi connectivity index (χ0) is 15.2. The van der Waals surface area contributed by atoms with Crippen molar-refractivity contribution < 1.29 is 0 Å². The van der Waals surface area contributed by atoms with Crippen molar-refractivity contribution >= 4 is 17.1 Å². The van der Waals surface area contributed by atoms with Crippen molar-refractivity contribution in [2.45, 2.75) is 0 Å². The molecule has 0 aromatic heterocycles. The van der Waals surface area contributed by atoms with Gasteiger partial charge in [0, 0.05) is 31.2 Å². The first-order chi connectivity index (χ1) is 10.8. The van der Waals surface area contributed by atoms with Gasteiger partial charge in [0.25, 0.3) is 0 Å². The van der Waals surface area contributed by atoms with E-state index in [0.717, 1.165) is 29.3 Å². The van der Waals surface area contributed by atoms with Crippen molar-refractivity contribution in [1.29, 1.82) is 0 Å². The van der Waals surface area contributed by atoms with Crippen LogP contribution in [0.3, 0.4) is 0 Å². The number of nitrogens with one attached hydrogen (secondary N) is 1. The van der Waals surface area contributed by atoms with Crippen molar-refractivity contribution in [2.75, 3.05) is 18.9 Å². The zero-order valence-electron chi connectivity index (χ0n) is 12.5. The summed E-state index contributed by atoms with van der Waals surface area (Å²) in [6.07, 6.45) is 6.01. The summed E-state index contributed by atoms with van der Waals surface area (Å²) < 4.78 is 0. The van der Waals surface area contributed by atoms with Gasteiger partial charge in [-0.25, -0.2) is 0 Å². The molecule has 0 fully saturated rings. The Hall–Kier alpha value is -2.88. The Bertz CT molecular complexity index is 700. The largest absolute Gasteiger partial charge is 0.377 e. The maximum Gasteiger partial charge on any atom is 0.0858 e. The van der Waals surface area contributed by atoms with E-state index in [0.29, 0.717) is 0 Å². The highest BCUT2D eigenvalue weighted by atomic mass is 15.1. The molecule has 1 heterocycles. The molecule has 0 spiro atoms. The molecule has 2 aromatic carbocycles. The number of benzene rings is 2. The fourth-order valence-electron chi connectivity index (χ4n) is 2.06. The minimum atomic E-state index is 0.840. The van der Waals surface area contributed by atoms with Crippen molar-refractivity contribution in [3.8, 4) is 0 Å². The Morgan fingerprint density at radius 3 is 2.32 bits per heavy atom. The van der Waals surface area contributed by atoms with Crippen molar-refractivity contribution in [1.82, 2.24) is 4.90 Å². The molecule has 22 heavy (non-hydrogen) atoms. The van der Waals surface area contributed by atoms with Crippen molar-refractivity contribution in [3.63, 3.8) is 0 Å². The van der Waals surface area contributed by atoms with E-state index in [-0.39, 0.29) is 0 Å². The number of para-hydroxylation sites is 1. The average Bonchev–Trinajstić information content (AvgIpc) is 2.57. The van der Waals surface area contributed by atoms with Gasteiger partial charge in [-0.3, -0.25) is 0 Å². The van der Waals surface area contributed by atoms with Crippen LogP contribution in [0.2, 0.25) is 0 Å². The molecule has 4 nitrogen and oxygen atoms in total. The van der Waals surface area contributed by atoms with Gasteiger partial charge in [0.05, 0.1) is 11.4 Å². The lowest BCUT2D eigenvalue weighted by atomic mass is 10.2. The molecule has 0 atom stereocenters. The van der Waals surface area contributed by atoms with Crippen molar-refractivity contribution in [3.05, 3.63) is 78.6 Å². The summed E-state index contributed by atoms with van der Waals surface area (Å²) in [6.45, 7) is 0.866. The second kappa shape index (κ2) is 6.72. The summed E-state index contributed by atoms with van der Waals surface area (Å²) in [5.41, 5.74) is 3.83. The number of anilines is 2. The van der Waals surface area contributed by atoms with E-state index in [4.69, 9.17) is 0 Å². The molecule has 2 aromatic rings. The van der Waals surface area contributed by atoms with Crippen LogP contribution in [0.4, 0.5) is 17.1 Å². The van der Waals surface area contributed by atoms with Crippen LogP contribution in [0.1, 0.15) is 0 Å². The molecule has 3 rings (SSSR count). The summed E-state index contributed by atoms with van der Waals surface area (Å²) in [4.78, 5) is 2.09. The second-order valence-electron chi connectivity index (χ2n) is 5.12. The topological polar surface area (TPSA) is 40.0 Å². The van der Waals surface area contributed by atoms with Gasteiger partial charge in [-0.05, 0) is 48.6 Å². The predicted octanol–water partition coefficient (Wildman–Crippen LogP) is 4.86. The maximum atomic E-state index is 4.26. The molecular weight excluding hydrogens is 272 g/mol. The molecule has 0 bridgehead atoms. The molecule has 0 saturated heterocycles. The molecule has 1 N–H and O–H groups in total. The van der Waals surface area contributed by atoms with Gasteiger partial charge in [-0.15, -0.1) is 0 Å². The molecule has 1 aliphatic heterocycles. The van der Waals surface area contributed by atoms with Crippen LogP contribution < -0.4 is 5.32 Å². The van der Waals surface area contributed by atoms with Gasteiger partial charge in [-0.1, -0.05) is 18.2 Å². The monoisotopic (exact) mass is 290 g/mol. The zero-order valence-corrected chi connectivity index (χ0v) is 12.5. The Kier molecular flexibility index (Phi) is 4.30. The van der Waals surface area contributed by atoms with E-state index in [1.807, 2.05) is 73.9 Å². The minimum absolute atomic E-state index is 0.840. The van der Waals surface area contributed by atoms with Crippen LogP contribution in [-0.4, -0.2) is 18.5 Å². The van der Waals surface area contributed by atoms with E-state index in [9.17, 15) is 0 Å². The first-order valence-corrected chi connectivity index (χ1v) is 7.22. The summed E-state index contributed by atoms with van der Waals surface area (Å²) in [6, 6.07) is 18.0. The Morgan fingerprint density at radius 2 is 1.64 bits per heavy atom. The normalized spacial score (nSPS) is 14.2. The standard InChI is InChI=1S/C18H18N4/c1-22-13-11-18(12-14-22)21-20-17-9-7-16(8-10-17)19-15-5-3-2-4-6-15/h2-13,19H,14H2,1H3. The molecule has 0 aliphatic carbocycles. The Morgan fingerprint density at radius 1 is 0.909 bits per heavy atom. The Labute approximate surface area is 130 Å². The summed E-state index contributed by atoms with van der Waals surface area (Å²) in [5.74, 6) is 0. The summed E-state index contributed by atoms with van der Waals surface area (Å²) in [7, 11) is 2.03. The quantitative estimate of drug-likeness (QED) is 0.817.